The van der Waals surface area contributed by atoms with Crippen LogP contribution in [0.5, 0.6) is 0 Å². The highest BCUT2D eigenvalue weighted by Gasteiger charge is 2.28. The van der Waals surface area contributed by atoms with Crippen molar-refractivity contribution in [3.05, 3.63) is 24.3 Å². The van der Waals surface area contributed by atoms with Crippen LogP contribution in [0.4, 0.5) is 0 Å². The van der Waals surface area contributed by atoms with Crippen molar-refractivity contribution in [3.63, 3.8) is 0 Å². The highest BCUT2D eigenvalue weighted by Crippen LogP contribution is 2.43. The average molecular weight is 872 g/mol. The number of nitrogens with two attached hydrogens (primary N) is 1. The molecule has 0 aromatic carbocycles. The van der Waals surface area contributed by atoms with E-state index in [0.29, 0.717) is 19.3 Å². The number of unbranched alkanes of at least 4 members (excludes halogenated alkanes) is 28. The number of carboxylic acid groups (broad SMARTS) is 1. The molecule has 0 aromatic rings. The largest absolute Gasteiger partial charge is 0.480 e. The number of carboxylic acids is 1. The van der Waals surface area contributed by atoms with Gasteiger partial charge in [-0.2, -0.15) is 0 Å². The Morgan fingerprint density at radius 1 is 0.500 bits per heavy atom. The summed E-state index contributed by atoms with van der Waals surface area (Å²) in [4.78, 5) is 46.0. The van der Waals surface area contributed by atoms with Crippen molar-refractivity contribution in [1.82, 2.24) is 0 Å². The van der Waals surface area contributed by atoms with E-state index in [1.165, 1.54) is 135 Å². The molecule has 0 aliphatic heterocycles. The molecule has 60 heavy (non-hydrogen) atoms. The number of rotatable bonds is 46. The predicted octanol–water partition coefficient (Wildman–Crippen LogP) is 13.4. The van der Waals surface area contributed by atoms with Gasteiger partial charge in [-0.25, -0.2) is 4.57 Å². The summed E-state index contributed by atoms with van der Waals surface area (Å²) in [5.41, 5.74) is 5.34. The summed E-state index contributed by atoms with van der Waals surface area (Å²) < 4.78 is 32.7. The number of hydrogen-bond acceptors (Lipinski definition) is 9. The van der Waals surface area contributed by atoms with E-state index in [2.05, 4.69) is 42.7 Å². The van der Waals surface area contributed by atoms with Gasteiger partial charge in [0.05, 0.1) is 13.2 Å². The highest BCUT2D eigenvalue weighted by atomic mass is 31.2. The monoisotopic (exact) mass is 872 g/mol. The van der Waals surface area contributed by atoms with Gasteiger partial charge in [-0.3, -0.25) is 23.4 Å². The number of phosphoric acid groups is 1. The molecule has 4 N–H and O–H groups in total. The van der Waals surface area contributed by atoms with Gasteiger partial charge in [-0.15, -0.1) is 0 Å². The number of carbonyl (C=O) groups is 3. The summed E-state index contributed by atoms with van der Waals surface area (Å²) in [6, 6.07) is -1.52. The van der Waals surface area contributed by atoms with Gasteiger partial charge in [0.2, 0.25) is 0 Å². The van der Waals surface area contributed by atoms with Crippen molar-refractivity contribution in [2.24, 2.45) is 5.73 Å². The lowest BCUT2D eigenvalue weighted by atomic mass is 10.0. The molecule has 0 saturated heterocycles. The standard InChI is InChI=1S/C48H90NO10P/c1-3-5-7-9-11-13-15-17-18-19-20-21-22-23-24-25-26-28-30-32-34-36-38-40-47(51)59-44(42-57-60(54,55)58-43-45(49)48(52)53)41-56-46(50)39-37-35-33-31-29-27-16-14-12-10-8-6-4-2/h14,16,32,34,44-45H,3-13,15,17-31,33,35-43,49H2,1-2H3,(H,52,53)(H,54,55)/b16-14+,34-32+/t44-,45-/m0/s1. The lowest BCUT2D eigenvalue weighted by Gasteiger charge is -2.20. The first-order valence-corrected chi connectivity index (χ1v) is 25.9. The van der Waals surface area contributed by atoms with Gasteiger partial charge in [0.25, 0.3) is 0 Å². The third-order valence-electron chi connectivity index (χ3n) is 10.7. The Labute approximate surface area is 366 Å². The van der Waals surface area contributed by atoms with E-state index in [4.69, 9.17) is 24.8 Å². The van der Waals surface area contributed by atoms with Crippen LogP contribution >= 0.6 is 7.82 Å². The first-order chi connectivity index (χ1) is 29.1. The van der Waals surface area contributed by atoms with Crippen LogP contribution < -0.4 is 5.73 Å². The third-order valence-corrected chi connectivity index (χ3v) is 11.6. The van der Waals surface area contributed by atoms with Crippen LogP contribution in [0.3, 0.4) is 0 Å². The second kappa shape index (κ2) is 43.6. The van der Waals surface area contributed by atoms with Gasteiger partial charge in [-0.05, 0) is 57.8 Å². The summed E-state index contributed by atoms with van der Waals surface area (Å²) in [6.07, 6.45) is 46.9. The smallest absolute Gasteiger partial charge is 0.472 e. The molecule has 0 rings (SSSR count). The molecule has 0 heterocycles. The van der Waals surface area contributed by atoms with E-state index in [1.807, 2.05) is 0 Å². The fraction of sp³-hybridized carbons (Fsp3) is 0.854. The SMILES string of the molecule is CCCCCC/C=C/CCCCCCCC(=O)OC[C@@H](COP(=O)(O)OC[C@H](N)C(=O)O)OC(=O)CCC/C=C/CCCCCCCCCCCCCCCCCCCC. The first kappa shape index (κ1) is 58.0. The molecule has 1 unspecified atom stereocenters. The summed E-state index contributed by atoms with van der Waals surface area (Å²) >= 11 is 0. The zero-order valence-electron chi connectivity index (χ0n) is 38.3. The molecule has 0 fully saturated rings. The second-order valence-electron chi connectivity index (χ2n) is 16.6. The fourth-order valence-corrected chi connectivity index (χ4v) is 7.61. The van der Waals surface area contributed by atoms with Crippen LogP contribution in [-0.4, -0.2) is 59.9 Å². The predicted molar refractivity (Wildman–Crippen MR) is 245 cm³/mol. The minimum atomic E-state index is -4.72. The van der Waals surface area contributed by atoms with Crippen LogP contribution in [0.2, 0.25) is 0 Å². The van der Waals surface area contributed by atoms with Crippen molar-refractivity contribution >= 4 is 25.7 Å². The van der Waals surface area contributed by atoms with Gasteiger partial charge >= 0.3 is 25.7 Å². The normalized spacial score (nSPS) is 13.8. The molecule has 3 atom stereocenters. The van der Waals surface area contributed by atoms with Crippen LogP contribution in [-0.2, 0) is 37.5 Å². The molecule has 11 nitrogen and oxygen atoms in total. The zero-order chi connectivity index (χ0) is 44.2. The molecule has 352 valence electrons. The van der Waals surface area contributed by atoms with E-state index in [0.717, 1.165) is 51.4 Å². The van der Waals surface area contributed by atoms with E-state index in [1.54, 1.807) is 0 Å². The van der Waals surface area contributed by atoms with Crippen LogP contribution in [0.15, 0.2) is 24.3 Å². The molecule has 0 spiro atoms. The lowest BCUT2D eigenvalue weighted by molar-refractivity contribution is -0.161. The Kier molecular flexibility index (Phi) is 42.1. The van der Waals surface area contributed by atoms with Crippen LogP contribution in [0, 0.1) is 0 Å². The minimum absolute atomic E-state index is 0.115. The van der Waals surface area contributed by atoms with Crippen molar-refractivity contribution in [1.29, 1.82) is 0 Å². The maximum atomic E-state index is 12.6. The summed E-state index contributed by atoms with van der Waals surface area (Å²) in [5.74, 6) is -2.42. The number of aliphatic carboxylic acids is 1. The molecule has 0 radical (unpaired) electrons. The Morgan fingerprint density at radius 3 is 1.28 bits per heavy atom. The quantitative estimate of drug-likeness (QED) is 0.0230. The number of ether oxygens (including phenoxy) is 2. The summed E-state index contributed by atoms with van der Waals surface area (Å²) in [6.45, 7) is 2.78. The van der Waals surface area contributed by atoms with Crippen molar-refractivity contribution in [3.8, 4) is 0 Å². The Balaban J connectivity index is 4.25. The molecular formula is C48H90NO10P. The van der Waals surface area contributed by atoms with E-state index in [9.17, 15) is 23.8 Å². The number of phosphoric ester groups is 1. The maximum Gasteiger partial charge on any atom is 0.472 e. The number of allylic oxidation sites excluding steroid dienone is 4. The minimum Gasteiger partial charge on any atom is -0.480 e. The molecule has 0 saturated carbocycles. The molecule has 0 amide bonds. The molecule has 0 bridgehead atoms. The summed E-state index contributed by atoms with van der Waals surface area (Å²) in [7, 11) is -4.72. The Hall–Kier alpha value is -2.04. The van der Waals surface area contributed by atoms with Crippen LogP contribution in [0.1, 0.15) is 232 Å². The Bertz CT molecular complexity index is 1120. The topological polar surface area (TPSA) is 172 Å². The van der Waals surface area contributed by atoms with Crippen molar-refractivity contribution < 1.29 is 47.5 Å². The average Bonchev–Trinajstić information content (AvgIpc) is 3.22. The first-order valence-electron chi connectivity index (χ1n) is 24.4. The second-order valence-corrected chi connectivity index (χ2v) is 18.0. The van der Waals surface area contributed by atoms with Crippen molar-refractivity contribution in [2.45, 2.75) is 244 Å². The van der Waals surface area contributed by atoms with E-state index in [-0.39, 0.29) is 19.4 Å². The van der Waals surface area contributed by atoms with Crippen molar-refractivity contribution in [2.75, 3.05) is 19.8 Å². The fourth-order valence-electron chi connectivity index (χ4n) is 6.83. The zero-order valence-corrected chi connectivity index (χ0v) is 39.2. The number of hydrogen-bond donors (Lipinski definition) is 3. The molecule has 0 aromatic heterocycles. The van der Waals surface area contributed by atoms with Crippen LogP contribution in [0.25, 0.3) is 0 Å². The van der Waals surface area contributed by atoms with Gasteiger partial charge < -0.3 is 25.2 Å². The third kappa shape index (κ3) is 42.6. The lowest BCUT2D eigenvalue weighted by Crippen LogP contribution is -2.34. The van der Waals surface area contributed by atoms with Gasteiger partial charge in [-0.1, -0.05) is 186 Å². The van der Waals surface area contributed by atoms with E-state index >= 15 is 0 Å². The molecule has 0 aliphatic carbocycles. The Morgan fingerprint density at radius 2 is 0.850 bits per heavy atom. The molecular weight excluding hydrogens is 781 g/mol. The molecule has 12 heteroatoms. The summed E-state index contributed by atoms with van der Waals surface area (Å²) in [5, 5.41) is 8.90. The van der Waals surface area contributed by atoms with Gasteiger partial charge in [0.1, 0.15) is 12.6 Å². The highest BCUT2D eigenvalue weighted by molar-refractivity contribution is 7.47. The molecule has 0 aliphatic rings. The number of carbonyl (C=O) groups excluding carboxylic acids is 2. The van der Waals surface area contributed by atoms with Gasteiger partial charge in [0, 0.05) is 12.8 Å². The maximum absolute atomic E-state index is 12.6. The van der Waals surface area contributed by atoms with Gasteiger partial charge in [0.15, 0.2) is 6.10 Å². The van der Waals surface area contributed by atoms with E-state index < -0.39 is 51.1 Å². The number of esters is 2.